The Kier molecular flexibility index (Phi) is 4.96. The van der Waals surface area contributed by atoms with Crippen molar-refractivity contribution < 1.29 is 13.9 Å². The Bertz CT molecular complexity index is 400. The van der Waals surface area contributed by atoms with E-state index in [1.165, 1.54) is 0 Å². The molecule has 0 aliphatic heterocycles. The van der Waals surface area contributed by atoms with E-state index >= 15 is 0 Å². The van der Waals surface area contributed by atoms with Crippen LogP contribution in [0, 0.1) is 0 Å². The molecule has 1 amide bonds. The van der Waals surface area contributed by atoms with Crippen LogP contribution in [0.15, 0.2) is 24.3 Å². The normalized spacial score (nSPS) is 12.9. The molecule has 0 heterocycles. The Balaban J connectivity index is 2.68. The molecular weight excluding hydrogens is 257 g/mol. The maximum atomic E-state index is 12.9. The van der Waals surface area contributed by atoms with Gasteiger partial charge in [0.25, 0.3) is 0 Å². The fourth-order valence-corrected chi connectivity index (χ4v) is 1.48. The Labute approximate surface area is 111 Å². The molecule has 18 heavy (non-hydrogen) atoms. The number of hydrogen-bond donors (Lipinski definition) is 1. The number of alkyl halides is 1. The summed E-state index contributed by atoms with van der Waals surface area (Å²) in [7, 11) is 0. The van der Waals surface area contributed by atoms with Crippen LogP contribution < -0.4 is 5.32 Å². The summed E-state index contributed by atoms with van der Waals surface area (Å²) >= 11 is 5.75. The molecule has 5 heteroatoms. The van der Waals surface area contributed by atoms with Crippen molar-refractivity contribution in [2.75, 3.05) is 6.67 Å². The number of rotatable bonds is 3. The first kappa shape index (κ1) is 14.8. The molecular formula is C13H17ClFNO2. The Hall–Kier alpha value is -1.29. The summed E-state index contributed by atoms with van der Waals surface area (Å²) < 4.78 is 18.0. The van der Waals surface area contributed by atoms with E-state index < -0.39 is 24.4 Å². The van der Waals surface area contributed by atoms with Crippen LogP contribution in [0.3, 0.4) is 0 Å². The van der Waals surface area contributed by atoms with Crippen LogP contribution >= 0.6 is 11.6 Å². The summed E-state index contributed by atoms with van der Waals surface area (Å²) in [6.07, 6.45) is -0.639. The number of alkyl carbamates (subject to hydrolysis) is 1. The summed E-state index contributed by atoms with van der Waals surface area (Å²) in [6.45, 7) is 4.54. The van der Waals surface area contributed by atoms with Crippen LogP contribution in [-0.4, -0.2) is 18.4 Å². The molecule has 1 atom stereocenters. The Morgan fingerprint density at radius 3 is 2.39 bits per heavy atom. The lowest BCUT2D eigenvalue weighted by atomic mass is 10.1. The minimum atomic E-state index is -0.725. The van der Waals surface area contributed by atoms with E-state index in [2.05, 4.69) is 5.32 Å². The predicted molar refractivity (Wildman–Crippen MR) is 69.5 cm³/mol. The molecule has 0 fully saturated rings. The first-order chi connectivity index (χ1) is 8.31. The van der Waals surface area contributed by atoms with Crippen molar-refractivity contribution in [1.29, 1.82) is 0 Å². The van der Waals surface area contributed by atoms with Gasteiger partial charge in [-0.3, -0.25) is 0 Å². The zero-order valence-corrected chi connectivity index (χ0v) is 11.4. The van der Waals surface area contributed by atoms with Gasteiger partial charge in [-0.05, 0) is 38.5 Å². The molecule has 0 aliphatic rings. The van der Waals surface area contributed by atoms with Crippen LogP contribution in [0.1, 0.15) is 32.4 Å². The van der Waals surface area contributed by atoms with Crippen molar-refractivity contribution in [3.8, 4) is 0 Å². The summed E-state index contributed by atoms with van der Waals surface area (Å²) in [5.74, 6) is 0. The van der Waals surface area contributed by atoms with E-state index in [0.717, 1.165) is 0 Å². The maximum Gasteiger partial charge on any atom is 0.408 e. The highest BCUT2D eigenvalue weighted by Crippen LogP contribution is 2.18. The second kappa shape index (κ2) is 6.05. The molecule has 1 N–H and O–H groups in total. The number of halogens is 2. The lowest BCUT2D eigenvalue weighted by Gasteiger charge is -2.22. The maximum absolute atomic E-state index is 12.9. The number of hydrogen-bond acceptors (Lipinski definition) is 2. The largest absolute Gasteiger partial charge is 0.444 e. The minimum Gasteiger partial charge on any atom is -0.444 e. The van der Waals surface area contributed by atoms with Gasteiger partial charge in [-0.2, -0.15) is 0 Å². The summed E-state index contributed by atoms with van der Waals surface area (Å²) in [6, 6.07) is 5.91. The van der Waals surface area contributed by atoms with Crippen molar-refractivity contribution >= 4 is 17.7 Å². The van der Waals surface area contributed by atoms with Crippen LogP contribution in [0.2, 0.25) is 5.02 Å². The molecule has 1 rings (SSSR count). The van der Waals surface area contributed by atoms with Crippen molar-refractivity contribution in [3.05, 3.63) is 34.9 Å². The minimum absolute atomic E-state index is 0.564. The summed E-state index contributed by atoms with van der Waals surface area (Å²) in [4.78, 5) is 11.5. The Morgan fingerprint density at radius 1 is 1.39 bits per heavy atom. The van der Waals surface area contributed by atoms with Crippen LogP contribution in [0.5, 0.6) is 0 Å². The average molecular weight is 274 g/mol. The Morgan fingerprint density at radius 2 is 1.94 bits per heavy atom. The van der Waals surface area contributed by atoms with E-state index in [9.17, 15) is 9.18 Å². The monoisotopic (exact) mass is 273 g/mol. The molecule has 0 spiro atoms. The summed E-state index contributed by atoms with van der Waals surface area (Å²) in [5, 5.41) is 3.04. The average Bonchev–Trinajstić information content (AvgIpc) is 2.25. The molecule has 0 aliphatic carbocycles. The van der Waals surface area contributed by atoms with Crippen molar-refractivity contribution in [3.63, 3.8) is 0 Å². The molecule has 0 saturated heterocycles. The van der Waals surface area contributed by atoms with Gasteiger partial charge in [-0.25, -0.2) is 9.18 Å². The zero-order valence-electron chi connectivity index (χ0n) is 10.7. The van der Waals surface area contributed by atoms with Gasteiger partial charge in [-0.15, -0.1) is 0 Å². The van der Waals surface area contributed by atoms with Gasteiger partial charge in [0.05, 0.1) is 6.04 Å². The highest BCUT2D eigenvalue weighted by Gasteiger charge is 2.20. The van der Waals surface area contributed by atoms with Gasteiger partial charge in [0.1, 0.15) is 12.3 Å². The van der Waals surface area contributed by atoms with Gasteiger partial charge in [-0.1, -0.05) is 23.7 Å². The lowest BCUT2D eigenvalue weighted by Crippen LogP contribution is -2.35. The molecule has 1 unspecified atom stereocenters. The van der Waals surface area contributed by atoms with Crippen molar-refractivity contribution in [1.82, 2.24) is 5.32 Å². The number of benzene rings is 1. The zero-order chi connectivity index (χ0) is 13.8. The first-order valence-electron chi connectivity index (χ1n) is 5.63. The van der Waals surface area contributed by atoms with Gasteiger partial charge in [0, 0.05) is 5.02 Å². The predicted octanol–water partition coefficient (Wildman–Crippen LogP) is 3.88. The van der Waals surface area contributed by atoms with E-state index in [1.54, 1.807) is 45.0 Å². The van der Waals surface area contributed by atoms with Crippen molar-refractivity contribution in [2.24, 2.45) is 0 Å². The molecule has 100 valence electrons. The summed E-state index contributed by atoms with van der Waals surface area (Å²) in [5.41, 5.74) is 0.0399. The third kappa shape index (κ3) is 4.92. The van der Waals surface area contributed by atoms with Crippen LogP contribution in [0.25, 0.3) is 0 Å². The highest BCUT2D eigenvalue weighted by atomic mass is 35.5. The van der Waals surface area contributed by atoms with Gasteiger partial charge < -0.3 is 10.1 Å². The quantitative estimate of drug-likeness (QED) is 0.908. The van der Waals surface area contributed by atoms with Gasteiger partial charge in [0.15, 0.2) is 0 Å². The molecule has 0 saturated carbocycles. The third-order valence-corrected chi connectivity index (χ3v) is 2.37. The van der Waals surface area contributed by atoms with E-state index in [-0.39, 0.29) is 0 Å². The fourth-order valence-electron chi connectivity index (χ4n) is 1.36. The number of nitrogens with one attached hydrogen (secondary N) is 1. The second-order valence-electron chi connectivity index (χ2n) is 4.90. The van der Waals surface area contributed by atoms with Crippen LogP contribution in [-0.2, 0) is 4.74 Å². The molecule has 0 radical (unpaired) electrons. The molecule has 0 aromatic heterocycles. The SMILES string of the molecule is CC(C)(C)OC(=O)NC(CF)c1ccc(Cl)cc1. The molecule has 1 aromatic carbocycles. The fraction of sp³-hybridized carbons (Fsp3) is 0.462. The van der Waals surface area contributed by atoms with E-state index in [1.807, 2.05) is 0 Å². The number of ether oxygens (including phenoxy) is 1. The molecule has 0 bridgehead atoms. The van der Waals surface area contributed by atoms with Crippen molar-refractivity contribution in [2.45, 2.75) is 32.4 Å². The first-order valence-corrected chi connectivity index (χ1v) is 6.00. The van der Waals surface area contributed by atoms with E-state index in [4.69, 9.17) is 16.3 Å². The molecule has 1 aromatic rings. The number of carbonyl (C=O) groups excluding carboxylic acids is 1. The number of carbonyl (C=O) groups is 1. The number of amides is 1. The van der Waals surface area contributed by atoms with Gasteiger partial charge in [0.2, 0.25) is 0 Å². The third-order valence-electron chi connectivity index (χ3n) is 2.12. The standard InChI is InChI=1S/C13H17ClFNO2/c1-13(2,3)18-12(17)16-11(8-15)9-4-6-10(14)7-5-9/h4-7,11H,8H2,1-3H3,(H,16,17). The van der Waals surface area contributed by atoms with Gasteiger partial charge >= 0.3 is 6.09 Å². The topological polar surface area (TPSA) is 38.3 Å². The van der Waals surface area contributed by atoms with E-state index in [0.29, 0.717) is 10.6 Å². The molecule has 3 nitrogen and oxygen atoms in total. The van der Waals surface area contributed by atoms with Crippen LogP contribution in [0.4, 0.5) is 9.18 Å². The smallest absolute Gasteiger partial charge is 0.408 e. The lowest BCUT2D eigenvalue weighted by molar-refractivity contribution is 0.0495. The second-order valence-corrected chi connectivity index (χ2v) is 5.34. The highest BCUT2D eigenvalue weighted by molar-refractivity contribution is 6.30.